The van der Waals surface area contributed by atoms with Gasteiger partial charge in [-0.15, -0.1) is 0 Å². The van der Waals surface area contributed by atoms with E-state index in [0.717, 1.165) is 11.8 Å². The molecule has 32 heavy (non-hydrogen) atoms. The van der Waals surface area contributed by atoms with Crippen LogP contribution in [0.1, 0.15) is 16.1 Å². The Bertz CT molecular complexity index is 1390. The third-order valence-electron chi connectivity index (χ3n) is 4.76. The molecule has 1 aromatic heterocycles. The van der Waals surface area contributed by atoms with Crippen molar-refractivity contribution in [3.8, 4) is 5.69 Å². The molecule has 0 bridgehead atoms. The molecule has 0 spiro atoms. The van der Waals surface area contributed by atoms with Gasteiger partial charge in [-0.3, -0.25) is 14.1 Å². The number of hydrogen-bond donors (Lipinski definition) is 2. The zero-order valence-corrected chi connectivity index (χ0v) is 17.8. The fourth-order valence-corrected chi connectivity index (χ4v) is 4.50. The van der Waals surface area contributed by atoms with E-state index in [4.69, 9.17) is 0 Å². The Kier molecular flexibility index (Phi) is 5.74. The molecule has 3 aromatic carbocycles. The smallest absolute Gasteiger partial charge is 0.274 e. The van der Waals surface area contributed by atoms with Crippen molar-refractivity contribution in [2.24, 2.45) is 0 Å². The lowest BCUT2D eigenvalue weighted by Gasteiger charge is -2.13. The van der Waals surface area contributed by atoms with E-state index in [9.17, 15) is 17.6 Å². The van der Waals surface area contributed by atoms with Crippen molar-refractivity contribution in [1.29, 1.82) is 0 Å². The fraction of sp³-hybridized carbons (Fsp3) is 0.0435. The number of carbonyl (C=O) groups excluding carboxylic acids is 1. The van der Waals surface area contributed by atoms with E-state index in [-0.39, 0.29) is 22.0 Å². The third kappa shape index (κ3) is 4.37. The van der Waals surface area contributed by atoms with E-state index in [1.54, 1.807) is 23.6 Å². The Morgan fingerprint density at radius 2 is 1.72 bits per heavy atom. The number of rotatable bonds is 6. The number of nitrogens with one attached hydrogen (secondary N) is 2. The van der Waals surface area contributed by atoms with Gasteiger partial charge in [0.05, 0.1) is 23.1 Å². The molecule has 0 aliphatic rings. The Morgan fingerprint density at radius 1 is 1.00 bits per heavy atom. The highest BCUT2D eigenvalue weighted by Crippen LogP contribution is 2.24. The van der Waals surface area contributed by atoms with Crippen molar-refractivity contribution in [3.63, 3.8) is 0 Å². The van der Waals surface area contributed by atoms with Gasteiger partial charge in [-0.05, 0) is 48.9 Å². The summed E-state index contributed by atoms with van der Waals surface area (Å²) in [4.78, 5) is 16.8. The van der Waals surface area contributed by atoms with Crippen LogP contribution in [0.4, 0.5) is 15.8 Å². The van der Waals surface area contributed by atoms with E-state index in [0.29, 0.717) is 5.56 Å². The second kappa shape index (κ2) is 8.64. The first-order valence-electron chi connectivity index (χ1n) is 9.62. The summed E-state index contributed by atoms with van der Waals surface area (Å²) >= 11 is 0. The molecule has 0 unspecified atom stereocenters. The average Bonchev–Trinajstić information content (AvgIpc) is 3.27. The summed E-state index contributed by atoms with van der Waals surface area (Å²) in [5.74, 6) is -1.15. The minimum atomic E-state index is -4.09. The van der Waals surface area contributed by atoms with Gasteiger partial charge in [0, 0.05) is 11.4 Å². The predicted molar refractivity (Wildman–Crippen MR) is 120 cm³/mol. The number of aryl methyl sites for hydroxylation is 1. The number of hydrogen-bond acceptors (Lipinski definition) is 4. The van der Waals surface area contributed by atoms with Gasteiger partial charge in [-0.25, -0.2) is 17.8 Å². The van der Waals surface area contributed by atoms with E-state index in [1.807, 2.05) is 30.3 Å². The molecule has 0 fully saturated rings. The molecule has 9 heteroatoms. The van der Waals surface area contributed by atoms with Crippen molar-refractivity contribution in [2.75, 3.05) is 10.0 Å². The quantitative estimate of drug-likeness (QED) is 0.456. The highest BCUT2D eigenvalue weighted by molar-refractivity contribution is 7.92. The van der Waals surface area contributed by atoms with E-state index in [1.165, 1.54) is 36.8 Å². The first-order chi connectivity index (χ1) is 15.3. The minimum absolute atomic E-state index is 0.0740. The molecular formula is C23H19FN4O3S. The topological polar surface area (TPSA) is 93.1 Å². The first kappa shape index (κ1) is 21.3. The summed E-state index contributed by atoms with van der Waals surface area (Å²) < 4.78 is 43.6. The van der Waals surface area contributed by atoms with Crippen molar-refractivity contribution in [1.82, 2.24) is 9.55 Å². The van der Waals surface area contributed by atoms with Crippen LogP contribution in [0.15, 0.2) is 90.2 Å². The standard InChI is InChI=1S/C23H19FN4O3S/c1-16-11-12-17(13-22(16)32(30,31)27-20-10-6-5-9-19(20)24)26-23(29)21-14-25-15-28(21)18-7-3-2-4-8-18/h2-15,27H,1H3,(H,26,29). The number of nitrogens with zero attached hydrogens (tertiary/aromatic N) is 2. The second-order valence-electron chi connectivity index (χ2n) is 7.00. The van der Waals surface area contributed by atoms with Crippen LogP contribution in [0, 0.1) is 12.7 Å². The zero-order valence-electron chi connectivity index (χ0n) is 17.0. The zero-order chi connectivity index (χ0) is 22.7. The van der Waals surface area contributed by atoms with Gasteiger partial charge >= 0.3 is 0 Å². The van der Waals surface area contributed by atoms with Crippen molar-refractivity contribution >= 4 is 27.3 Å². The molecule has 0 aliphatic carbocycles. The third-order valence-corrected chi connectivity index (χ3v) is 6.27. The fourth-order valence-electron chi connectivity index (χ4n) is 3.16. The van der Waals surface area contributed by atoms with E-state index >= 15 is 0 Å². The maximum absolute atomic E-state index is 13.9. The molecule has 0 saturated heterocycles. The van der Waals surface area contributed by atoms with E-state index in [2.05, 4.69) is 15.0 Å². The number of sulfonamides is 1. The highest BCUT2D eigenvalue weighted by Gasteiger charge is 2.20. The van der Waals surface area contributed by atoms with Crippen molar-refractivity contribution in [3.05, 3.63) is 102 Å². The van der Waals surface area contributed by atoms with Gasteiger partial charge < -0.3 is 5.32 Å². The Morgan fingerprint density at radius 3 is 2.47 bits per heavy atom. The Hall–Kier alpha value is -3.98. The predicted octanol–water partition coefficient (Wildman–Crippen LogP) is 4.37. The molecule has 0 atom stereocenters. The largest absolute Gasteiger partial charge is 0.321 e. The van der Waals surface area contributed by atoms with Gasteiger partial charge in [0.15, 0.2) is 0 Å². The van der Waals surface area contributed by atoms with Crippen LogP contribution in [-0.4, -0.2) is 23.9 Å². The number of anilines is 2. The Balaban J connectivity index is 1.61. The molecule has 4 rings (SSSR count). The molecule has 0 aliphatic heterocycles. The summed E-state index contributed by atoms with van der Waals surface area (Å²) in [6, 6.07) is 19.2. The van der Waals surface area contributed by atoms with Gasteiger partial charge in [0.2, 0.25) is 0 Å². The van der Waals surface area contributed by atoms with Crippen molar-refractivity contribution in [2.45, 2.75) is 11.8 Å². The number of halogens is 1. The maximum atomic E-state index is 13.9. The molecule has 2 N–H and O–H groups in total. The summed E-state index contributed by atoms with van der Waals surface area (Å²) in [5.41, 5.74) is 1.60. The van der Waals surface area contributed by atoms with Crippen LogP contribution in [0.3, 0.4) is 0 Å². The lowest BCUT2D eigenvalue weighted by molar-refractivity contribution is 0.102. The van der Waals surface area contributed by atoms with Crippen LogP contribution in [-0.2, 0) is 10.0 Å². The molecule has 162 valence electrons. The van der Waals surface area contributed by atoms with Crippen LogP contribution in [0.5, 0.6) is 0 Å². The normalized spacial score (nSPS) is 11.2. The molecule has 4 aromatic rings. The number of imidazole rings is 1. The summed E-state index contributed by atoms with van der Waals surface area (Å²) in [7, 11) is -4.09. The number of benzene rings is 3. The summed E-state index contributed by atoms with van der Waals surface area (Å²) in [6.45, 7) is 1.62. The van der Waals surface area contributed by atoms with Gasteiger partial charge in [-0.1, -0.05) is 36.4 Å². The lowest BCUT2D eigenvalue weighted by atomic mass is 10.2. The average molecular weight is 450 g/mol. The molecule has 7 nitrogen and oxygen atoms in total. The summed E-state index contributed by atoms with van der Waals surface area (Å²) in [6.07, 6.45) is 2.95. The first-order valence-corrected chi connectivity index (χ1v) is 11.1. The number of para-hydroxylation sites is 2. The molecule has 0 saturated carbocycles. The molecule has 0 radical (unpaired) electrons. The monoisotopic (exact) mass is 450 g/mol. The molecule has 1 amide bonds. The van der Waals surface area contributed by atoms with Crippen LogP contribution in [0.25, 0.3) is 5.69 Å². The lowest BCUT2D eigenvalue weighted by Crippen LogP contribution is -2.18. The van der Waals surface area contributed by atoms with Crippen LogP contribution < -0.4 is 10.0 Å². The van der Waals surface area contributed by atoms with Gasteiger partial charge in [0.25, 0.3) is 15.9 Å². The SMILES string of the molecule is Cc1ccc(NC(=O)c2cncn2-c2ccccc2)cc1S(=O)(=O)Nc1ccccc1F. The van der Waals surface area contributed by atoms with Crippen LogP contribution >= 0.6 is 0 Å². The minimum Gasteiger partial charge on any atom is -0.321 e. The second-order valence-corrected chi connectivity index (χ2v) is 8.66. The number of amides is 1. The molecular weight excluding hydrogens is 431 g/mol. The molecule has 1 heterocycles. The summed E-state index contributed by atoms with van der Waals surface area (Å²) in [5, 5.41) is 2.70. The maximum Gasteiger partial charge on any atom is 0.274 e. The number of aromatic nitrogens is 2. The highest BCUT2D eigenvalue weighted by atomic mass is 32.2. The Labute approximate surface area is 184 Å². The van der Waals surface area contributed by atoms with E-state index < -0.39 is 21.7 Å². The number of carbonyl (C=O) groups is 1. The van der Waals surface area contributed by atoms with Gasteiger partial charge in [0.1, 0.15) is 11.5 Å². The van der Waals surface area contributed by atoms with Crippen molar-refractivity contribution < 1.29 is 17.6 Å². The van der Waals surface area contributed by atoms with Crippen LogP contribution in [0.2, 0.25) is 0 Å². The van der Waals surface area contributed by atoms with Gasteiger partial charge in [-0.2, -0.15) is 0 Å².